The van der Waals surface area contributed by atoms with E-state index >= 15 is 0 Å². The topological polar surface area (TPSA) is 20.3 Å². The van der Waals surface area contributed by atoms with Gasteiger partial charge < -0.3 is 4.90 Å². The van der Waals surface area contributed by atoms with Crippen LogP contribution in [0.15, 0.2) is 24.3 Å². The van der Waals surface area contributed by atoms with E-state index in [1.54, 1.807) is 0 Å². The molecule has 0 aliphatic heterocycles. The van der Waals surface area contributed by atoms with Crippen LogP contribution in [0.4, 0.5) is 0 Å². The molecule has 0 aliphatic carbocycles. The zero-order chi connectivity index (χ0) is 11.4. The lowest BCUT2D eigenvalue weighted by molar-refractivity contribution is 0.0982. The van der Waals surface area contributed by atoms with Crippen molar-refractivity contribution >= 4 is 34.1 Å². The summed E-state index contributed by atoms with van der Waals surface area (Å²) < 4.78 is 0. The third-order valence-electron chi connectivity index (χ3n) is 2.15. The normalized spacial score (nSPS) is 12.1. The summed E-state index contributed by atoms with van der Waals surface area (Å²) in [6.45, 7) is 2.73. The zero-order valence-corrected chi connectivity index (χ0v) is 12.1. The minimum Gasteiger partial charge on any atom is -0.308 e. The summed E-state index contributed by atoms with van der Waals surface area (Å²) >= 11 is 3.41. The quantitative estimate of drug-likeness (QED) is 0.630. The fourth-order valence-corrected chi connectivity index (χ4v) is 2.15. The van der Waals surface area contributed by atoms with Crippen LogP contribution in [0.25, 0.3) is 0 Å². The Balaban J connectivity index is 0.00000225. The second-order valence-electron chi connectivity index (χ2n) is 3.96. The maximum atomic E-state index is 11.9. The SMILES string of the molecule is Cc1ccc(C(=O)C(Br)CN(C)C)cc1.Cl. The fraction of sp³-hybridized carbons (Fsp3) is 0.417. The maximum Gasteiger partial charge on any atom is 0.177 e. The molecule has 0 aromatic heterocycles. The number of rotatable bonds is 4. The van der Waals surface area contributed by atoms with E-state index in [0.717, 1.165) is 5.56 Å². The van der Waals surface area contributed by atoms with Crippen LogP contribution >= 0.6 is 28.3 Å². The molecule has 0 N–H and O–H groups in total. The lowest BCUT2D eigenvalue weighted by Gasteiger charge is -2.14. The van der Waals surface area contributed by atoms with Gasteiger partial charge in [-0.3, -0.25) is 4.79 Å². The minimum atomic E-state index is -0.129. The highest BCUT2D eigenvalue weighted by molar-refractivity contribution is 9.10. The predicted molar refractivity (Wildman–Crippen MR) is 74.0 cm³/mol. The molecule has 0 saturated carbocycles. The molecular weight excluding hydrogens is 289 g/mol. The van der Waals surface area contributed by atoms with Gasteiger partial charge in [-0.1, -0.05) is 45.8 Å². The molecule has 0 fully saturated rings. The minimum absolute atomic E-state index is 0. The Morgan fingerprint density at radius 3 is 2.25 bits per heavy atom. The van der Waals surface area contributed by atoms with Crippen molar-refractivity contribution in [1.29, 1.82) is 0 Å². The molecule has 0 amide bonds. The zero-order valence-electron chi connectivity index (χ0n) is 9.74. The van der Waals surface area contributed by atoms with Gasteiger partial charge in [0.15, 0.2) is 5.78 Å². The maximum absolute atomic E-state index is 11.9. The molecule has 0 aliphatic rings. The van der Waals surface area contributed by atoms with Crippen LogP contribution in [0.1, 0.15) is 15.9 Å². The van der Waals surface area contributed by atoms with Gasteiger partial charge in [-0.15, -0.1) is 12.4 Å². The Bertz CT molecular complexity index is 337. The lowest BCUT2D eigenvalue weighted by Crippen LogP contribution is -2.28. The molecule has 0 heterocycles. The van der Waals surface area contributed by atoms with Gasteiger partial charge in [-0.05, 0) is 21.0 Å². The first-order valence-corrected chi connectivity index (χ1v) is 5.82. The van der Waals surface area contributed by atoms with E-state index in [4.69, 9.17) is 0 Å². The highest BCUT2D eigenvalue weighted by Gasteiger charge is 2.17. The van der Waals surface area contributed by atoms with Gasteiger partial charge in [0.2, 0.25) is 0 Å². The molecule has 0 spiro atoms. The van der Waals surface area contributed by atoms with Gasteiger partial charge in [-0.25, -0.2) is 0 Å². The van der Waals surface area contributed by atoms with E-state index in [1.165, 1.54) is 5.56 Å². The molecule has 4 heteroatoms. The van der Waals surface area contributed by atoms with Crippen LogP contribution in [0.5, 0.6) is 0 Å². The van der Waals surface area contributed by atoms with Crippen molar-refractivity contribution in [3.8, 4) is 0 Å². The standard InChI is InChI=1S/C12H16BrNO.ClH/c1-9-4-6-10(7-5-9)12(15)11(13)8-14(2)3;/h4-7,11H,8H2,1-3H3;1H. The first-order chi connectivity index (χ1) is 7.00. The molecule has 16 heavy (non-hydrogen) atoms. The summed E-state index contributed by atoms with van der Waals surface area (Å²) in [4.78, 5) is 13.8. The van der Waals surface area contributed by atoms with Gasteiger partial charge >= 0.3 is 0 Å². The molecule has 2 nitrogen and oxygen atoms in total. The van der Waals surface area contributed by atoms with E-state index in [0.29, 0.717) is 6.54 Å². The summed E-state index contributed by atoms with van der Waals surface area (Å²) in [7, 11) is 3.91. The Morgan fingerprint density at radius 1 is 1.31 bits per heavy atom. The number of halogens is 2. The number of benzene rings is 1. The van der Waals surface area contributed by atoms with Crippen LogP contribution < -0.4 is 0 Å². The molecule has 1 rings (SSSR count). The molecular formula is C12H17BrClNO. The molecule has 1 unspecified atom stereocenters. The summed E-state index contributed by atoms with van der Waals surface area (Å²) in [5, 5.41) is 0. The van der Waals surface area contributed by atoms with E-state index in [1.807, 2.05) is 50.2 Å². The summed E-state index contributed by atoms with van der Waals surface area (Å²) in [5.74, 6) is 0.142. The average Bonchev–Trinajstić information content (AvgIpc) is 2.17. The van der Waals surface area contributed by atoms with E-state index in [-0.39, 0.29) is 23.0 Å². The Hall–Kier alpha value is -0.380. The molecule has 0 saturated heterocycles. The van der Waals surface area contributed by atoms with Crippen LogP contribution in [0.2, 0.25) is 0 Å². The number of ketones is 1. The highest BCUT2D eigenvalue weighted by Crippen LogP contribution is 2.12. The molecule has 0 radical (unpaired) electrons. The first kappa shape index (κ1) is 15.6. The van der Waals surface area contributed by atoms with Gasteiger partial charge in [0.05, 0.1) is 4.83 Å². The lowest BCUT2D eigenvalue weighted by atomic mass is 10.1. The van der Waals surface area contributed by atoms with Crippen LogP contribution in [0.3, 0.4) is 0 Å². The number of hydrogen-bond acceptors (Lipinski definition) is 2. The van der Waals surface area contributed by atoms with Crippen molar-refractivity contribution in [2.45, 2.75) is 11.8 Å². The Labute approximate surface area is 112 Å². The van der Waals surface area contributed by atoms with Crippen molar-refractivity contribution in [3.63, 3.8) is 0 Å². The number of alkyl halides is 1. The van der Waals surface area contributed by atoms with Crippen molar-refractivity contribution in [3.05, 3.63) is 35.4 Å². The molecule has 1 atom stereocenters. The van der Waals surface area contributed by atoms with Crippen LogP contribution in [-0.4, -0.2) is 36.2 Å². The van der Waals surface area contributed by atoms with E-state index < -0.39 is 0 Å². The van der Waals surface area contributed by atoms with Gasteiger partial charge in [0, 0.05) is 12.1 Å². The third-order valence-corrected chi connectivity index (χ3v) is 2.85. The van der Waals surface area contributed by atoms with Crippen molar-refractivity contribution in [2.75, 3.05) is 20.6 Å². The summed E-state index contributed by atoms with van der Waals surface area (Å²) in [5.41, 5.74) is 1.94. The number of carbonyl (C=O) groups excluding carboxylic acids is 1. The van der Waals surface area contributed by atoms with Crippen molar-refractivity contribution < 1.29 is 4.79 Å². The van der Waals surface area contributed by atoms with Gasteiger partial charge in [-0.2, -0.15) is 0 Å². The third kappa shape index (κ3) is 4.64. The molecule has 90 valence electrons. The van der Waals surface area contributed by atoms with Gasteiger partial charge in [0.25, 0.3) is 0 Å². The smallest absolute Gasteiger partial charge is 0.177 e. The van der Waals surface area contributed by atoms with E-state index in [2.05, 4.69) is 15.9 Å². The monoisotopic (exact) mass is 305 g/mol. The number of Topliss-reactive ketones (excluding diaryl/α,β-unsaturated/α-hetero) is 1. The molecule has 1 aromatic carbocycles. The average molecular weight is 307 g/mol. The molecule has 1 aromatic rings. The van der Waals surface area contributed by atoms with Gasteiger partial charge in [0.1, 0.15) is 0 Å². The van der Waals surface area contributed by atoms with E-state index in [9.17, 15) is 4.79 Å². The Kier molecular flexibility index (Phi) is 6.88. The van der Waals surface area contributed by atoms with Crippen LogP contribution in [0, 0.1) is 6.92 Å². The largest absolute Gasteiger partial charge is 0.308 e. The Morgan fingerprint density at radius 2 is 1.81 bits per heavy atom. The summed E-state index contributed by atoms with van der Waals surface area (Å²) in [6.07, 6.45) is 0. The second-order valence-corrected chi connectivity index (χ2v) is 5.07. The number of carbonyl (C=O) groups is 1. The van der Waals surface area contributed by atoms with Crippen molar-refractivity contribution in [1.82, 2.24) is 4.90 Å². The van der Waals surface area contributed by atoms with Crippen LogP contribution in [-0.2, 0) is 0 Å². The second kappa shape index (κ2) is 7.05. The first-order valence-electron chi connectivity index (χ1n) is 4.90. The predicted octanol–water partition coefficient (Wildman–Crippen LogP) is 2.92. The number of nitrogens with zero attached hydrogens (tertiary/aromatic N) is 1. The fourth-order valence-electron chi connectivity index (χ4n) is 1.30. The number of hydrogen-bond donors (Lipinski definition) is 0. The number of aryl methyl sites for hydroxylation is 1. The summed E-state index contributed by atoms with van der Waals surface area (Å²) in [6, 6.07) is 7.68. The molecule has 0 bridgehead atoms. The van der Waals surface area contributed by atoms with Crippen molar-refractivity contribution in [2.24, 2.45) is 0 Å². The highest BCUT2D eigenvalue weighted by atomic mass is 79.9.